The van der Waals surface area contributed by atoms with Crippen LogP contribution < -0.4 is 15.8 Å². The number of amides is 1. The SMILES string of the molecule is CCC(CC)(CN)C(=O)NCCc1ccc(C)c(OC)c1.Cl. The molecule has 0 aliphatic rings. The van der Waals surface area contributed by atoms with Crippen LogP contribution in [0.4, 0.5) is 0 Å². The molecule has 1 aromatic carbocycles. The molecule has 0 atom stereocenters. The predicted octanol–water partition coefficient (Wildman–Crippen LogP) is 2.85. The van der Waals surface area contributed by atoms with Gasteiger partial charge in [0, 0.05) is 13.1 Å². The second-order valence-corrected chi connectivity index (χ2v) is 5.50. The van der Waals surface area contributed by atoms with Gasteiger partial charge in [-0.25, -0.2) is 0 Å². The molecule has 0 saturated heterocycles. The number of nitrogens with two attached hydrogens (primary N) is 1. The van der Waals surface area contributed by atoms with E-state index in [1.807, 2.05) is 32.9 Å². The molecule has 1 amide bonds. The third-order valence-corrected chi connectivity index (χ3v) is 4.40. The third-order valence-electron chi connectivity index (χ3n) is 4.40. The van der Waals surface area contributed by atoms with E-state index in [1.165, 1.54) is 0 Å². The number of carbonyl (C=O) groups excluding carboxylic acids is 1. The Morgan fingerprint density at radius 1 is 1.32 bits per heavy atom. The highest BCUT2D eigenvalue weighted by Crippen LogP contribution is 2.25. The lowest BCUT2D eigenvalue weighted by Crippen LogP contribution is -2.45. The molecule has 3 N–H and O–H groups in total. The lowest BCUT2D eigenvalue weighted by Gasteiger charge is -2.28. The average molecular weight is 329 g/mol. The van der Waals surface area contributed by atoms with Crippen LogP contribution in [0.1, 0.15) is 37.8 Å². The van der Waals surface area contributed by atoms with Gasteiger partial charge in [-0.1, -0.05) is 26.0 Å². The zero-order valence-corrected chi connectivity index (χ0v) is 14.9. The van der Waals surface area contributed by atoms with Gasteiger partial charge in [-0.2, -0.15) is 0 Å². The van der Waals surface area contributed by atoms with E-state index < -0.39 is 5.41 Å². The summed E-state index contributed by atoms with van der Waals surface area (Å²) in [6.07, 6.45) is 2.32. The first-order valence-electron chi connectivity index (χ1n) is 7.64. The first-order chi connectivity index (χ1) is 10.0. The fourth-order valence-corrected chi connectivity index (χ4v) is 2.48. The molecule has 0 aromatic heterocycles. The second-order valence-electron chi connectivity index (χ2n) is 5.50. The summed E-state index contributed by atoms with van der Waals surface area (Å²) in [5.41, 5.74) is 7.64. The molecule has 0 fully saturated rings. The molecule has 0 aliphatic heterocycles. The standard InChI is InChI=1S/C17H28N2O2.ClH/c1-5-17(6-2,12-18)16(20)19-10-9-14-8-7-13(3)15(11-14)21-4;/h7-8,11H,5-6,9-10,12,18H2,1-4H3,(H,19,20);1H. The van der Waals surface area contributed by atoms with Crippen molar-refractivity contribution in [3.63, 3.8) is 0 Å². The van der Waals surface area contributed by atoms with Crippen LogP contribution in [0.3, 0.4) is 0 Å². The molecule has 5 heteroatoms. The van der Waals surface area contributed by atoms with Crippen molar-refractivity contribution in [1.29, 1.82) is 0 Å². The van der Waals surface area contributed by atoms with Crippen LogP contribution in [-0.2, 0) is 11.2 Å². The Morgan fingerprint density at radius 3 is 2.45 bits per heavy atom. The molecule has 126 valence electrons. The van der Waals surface area contributed by atoms with Gasteiger partial charge >= 0.3 is 0 Å². The van der Waals surface area contributed by atoms with E-state index in [-0.39, 0.29) is 18.3 Å². The Labute approximate surface area is 140 Å². The maximum absolute atomic E-state index is 12.3. The number of hydrogen-bond acceptors (Lipinski definition) is 3. The first-order valence-corrected chi connectivity index (χ1v) is 7.64. The van der Waals surface area contributed by atoms with Gasteiger partial charge in [-0.3, -0.25) is 4.79 Å². The van der Waals surface area contributed by atoms with Gasteiger partial charge in [-0.15, -0.1) is 12.4 Å². The number of methoxy groups -OCH3 is 1. The molecule has 22 heavy (non-hydrogen) atoms. The summed E-state index contributed by atoms with van der Waals surface area (Å²) in [5, 5.41) is 3.02. The highest BCUT2D eigenvalue weighted by molar-refractivity contribution is 5.85. The molecule has 1 rings (SSSR count). The minimum absolute atomic E-state index is 0. The number of benzene rings is 1. The second kappa shape index (κ2) is 9.70. The smallest absolute Gasteiger partial charge is 0.227 e. The van der Waals surface area contributed by atoms with Crippen molar-refractivity contribution >= 4 is 18.3 Å². The molecule has 0 spiro atoms. The van der Waals surface area contributed by atoms with E-state index in [0.29, 0.717) is 13.1 Å². The minimum Gasteiger partial charge on any atom is -0.496 e. The Morgan fingerprint density at radius 2 is 1.95 bits per heavy atom. The Hall–Kier alpha value is -1.26. The molecule has 4 nitrogen and oxygen atoms in total. The van der Waals surface area contributed by atoms with Gasteiger partial charge in [0.1, 0.15) is 5.75 Å². The highest BCUT2D eigenvalue weighted by atomic mass is 35.5. The van der Waals surface area contributed by atoms with Crippen LogP contribution in [0, 0.1) is 12.3 Å². The van der Waals surface area contributed by atoms with E-state index in [4.69, 9.17) is 10.5 Å². The van der Waals surface area contributed by atoms with Crippen LogP contribution >= 0.6 is 12.4 Å². The fraction of sp³-hybridized carbons (Fsp3) is 0.588. The van der Waals surface area contributed by atoms with Gasteiger partial charge in [-0.05, 0) is 43.4 Å². The Bertz CT molecular complexity index is 465. The summed E-state index contributed by atoms with van der Waals surface area (Å²) in [6, 6.07) is 6.13. The van der Waals surface area contributed by atoms with Gasteiger partial charge in [0.05, 0.1) is 12.5 Å². The molecular weight excluding hydrogens is 300 g/mol. The maximum Gasteiger partial charge on any atom is 0.227 e. The highest BCUT2D eigenvalue weighted by Gasteiger charge is 2.32. The summed E-state index contributed by atoms with van der Waals surface area (Å²) in [5.74, 6) is 0.950. The number of halogens is 1. The zero-order chi connectivity index (χ0) is 15.9. The monoisotopic (exact) mass is 328 g/mol. The first kappa shape index (κ1) is 20.7. The van der Waals surface area contributed by atoms with Crippen LogP contribution in [0.5, 0.6) is 5.75 Å². The van der Waals surface area contributed by atoms with Crippen molar-refractivity contribution in [3.8, 4) is 5.75 Å². The van der Waals surface area contributed by atoms with Gasteiger partial charge in [0.25, 0.3) is 0 Å². The molecule has 0 aliphatic carbocycles. The number of hydrogen-bond donors (Lipinski definition) is 2. The van der Waals surface area contributed by atoms with Crippen molar-refractivity contribution in [3.05, 3.63) is 29.3 Å². The average Bonchev–Trinajstić information content (AvgIpc) is 2.51. The predicted molar refractivity (Wildman–Crippen MR) is 93.8 cm³/mol. The van der Waals surface area contributed by atoms with Crippen LogP contribution in [-0.4, -0.2) is 26.1 Å². The molecule has 0 bridgehead atoms. The minimum atomic E-state index is -0.426. The Balaban J connectivity index is 0.00000441. The van der Waals surface area contributed by atoms with Gasteiger partial charge in [0.15, 0.2) is 0 Å². The summed E-state index contributed by atoms with van der Waals surface area (Å²) in [6.45, 7) is 7.06. The largest absolute Gasteiger partial charge is 0.496 e. The quantitative estimate of drug-likeness (QED) is 0.771. The van der Waals surface area contributed by atoms with E-state index in [1.54, 1.807) is 7.11 Å². The lowest BCUT2D eigenvalue weighted by atomic mass is 9.81. The third kappa shape index (κ3) is 4.89. The van der Waals surface area contributed by atoms with Crippen LogP contribution in [0.25, 0.3) is 0 Å². The number of ether oxygens (including phenoxy) is 1. The summed E-state index contributed by atoms with van der Waals surface area (Å²) >= 11 is 0. The van der Waals surface area contributed by atoms with Crippen molar-refractivity contribution in [2.75, 3.05) is 20.2 Å². The molecular formula is C17H29ClN2O2. The summed E-state index contributed by atoms with van der Waals surface area (Å²) in [7, 11) is 1.67. The molecule has 0 unspecified atom stereocenters. The van der Waals surface area contributed by atoms with Crippen molar-refractivity contribution in [2.45, 2.75) is 40.0 Å². The summed E-state index contributed by atoms with van der Waals surface area (Å²) in [4.78, 5) is 12.3. The van der Waals surface area contributed by atoms with Crippen molar-refractivity contribution < 1.29 is 9.53 Å². The summed E-state index contributed by atoms with van der Waals surface area (Å²) < 4.78 is 5.32. The molecule has 0 radical (unpaired) electrons. The lowest BCUT2D eigenvalue weighted by molar-refractivity contribution is -0.131. The van der Waals surface area contributed by atoms with E-state index in [0.717, 1.165) is 36.1 Å². The molecule has 1 aromatic rings. The topological polar surface area (TPSA) is 64.4 Å². The number of carbonyl (C=O) groups is 1. The number of nitrogens with one attached hydrogen (secondary N) is 1. The van der Waals surface area contributed by atoms with Crippen molar-refractivity contribution in [1.82, 2.24) is 5.32 Å². The van der Waals surface area contributed by atoms with E-state index in [2.05, 4.69) is 11.4 Å². The zero-order valence-electron chi connectivity index (χ0n) is 14.1. The van der Waals surface area contributed by atoms with E-state index in [9.17, 15) is 4.79 Å². The number of aryl methyl sites for hydroxylation is 1. The van der Waals surface area contributed by atoms with Crippen LogP contribution in [0.2, 0.25) is 0 Å². The van der Waals surface area contributed by atoms with E-state index >= 15 is 0 Å². The van der Waals surface area contributed by atoms with Crippen molar-refractivity contribution in [2.24, 2.45) is 11.1 Å². The Kier molecular flexibility index (Phi) is 9.14. The molecule has 0 heterocycles. The number of rotatable bonds is 8. The van der Waals surface area contributed by atoms with Gasteiger partial charge < -0.3 is 15.8 Å². The normalized spacial score (nSPS) is 10.8. The van der Waals surface area contributed by atoms with Crippen LogP contribution in [0.15, 0.2) is 18.2 Å². The fourth-order valence-electron chi connectivity index (χ4n) is 2.48. The van der Waals surface area contributed by atoms with Gasteiger partial charge in [0.2, 0.25) is 5.91 Å². The maximum atomic E-state index is 12.3. The molecule has 0 saturated carbocycles.